The van der Waals surface area contributed by atoms with E-state index in [4.69, 9.17) is 9.47 Å². The summed E-state index contributed by atoms with van der Waals surface area (Å²) in [5.41, 5.74) is 2.63. The number of ether oxygens (including phenoxy) is 2. The number of aryl methyl sites for hydroxylation is 2. The Kier molecular flexibility index (Phi) is 5.52. The van der Waals surface area contributed by atoms with E-state index in [1.807, 2.05) is 38.1 Å². The molecule has 0 aliphatic rings. The van der Waals surface area contributed by atoms with E-state index in [1.165, 1.54) is 0 Å². The predicted molar refractivity (Wildman–Crippen MR) is 87.7 cm³/mol. The van der Waals surface area contributed by atoms with Crippen LogP contribution in [0.3, 0.4) is 0 Å². The van der Waals surface area contributed by atoms with Gasteiger partial charge in [0.15, 0.2) is 12.7 Å². The Hall–Kier alpha value is -2.62. The summed E-state index contributed by atoms with van der Waals surface area (Å²) in [7, 11) is 0. The van der Waals surface area contributed by atoms with E-state index >= 15 is 0 Å². The van der Waals surface area contributed by atoms with Crippen LogP contribution in [0.15, 0.2) is 48.5 Å². The lowest BCUT2D eigenvalue weighted by Crippen LogP contribution is -2.27. The molecule has 0 aliphatic carbocycles. The van der Waals surface area contributed by atoms with Crippen molar-refractivity contribution in [3.05, 3.63) is 65.2 Å². The standard InChI is InChI=1S/C19H20O4/c1-13-9-14(2)11-17(10-13)22-12-18(20)23-15(3)19(21)16-7-5-4-6-8-16/h4-11,15H,12H2,1-3H3/t15-/m1/s1. The van der Waals surface area contributed by atoms with E-state index in [1.54, 1.807) is 31.2 Å². The van der Waals surface area contributed by atoms with Gasteiger partial charge in [-0.3, -0.25) is 4.79 Å². The number of hydrogen-bond acceptors (Lipinski definition) is 4. The van der Waals surface area contributed by atoms with Gasteiger partial charge in [-0.2, -0.15) is 0 Å². The molecule has 0 aromatic heterocycles. The second-order valence-electron chi connectivity index (χ2n) is 5.47. The number of ketones is 1. The number of esters is 1. The van der Waals surface area contributed by atoms with Crippen molar-refractivity contribution in [2.45, 2.75) is 26.9 Å². The smallest absolute Gasteiger partial charge is 0.344 e. The van der Waals surface area contributed by atoms with Gasteiger partial charge < -0.3 is 9.47 Å². The Labute approximate surface area is 136 Å². The van der Waals surface area contributed by atoms with E-state index in [0.717, 1.165) is 11.1 Å². The maximum atomic E-state index is 12.1. The SMILES string of the molecule is Cc1cc(C)cc(OCC(=O)O[C@H](C)C(=O)c2ccccc2)c1. The molecular weight excluding hydrogens is 292 g/mol. The fraction of sp³-hybridized carbons (Fsp3) is 0.263. The van der Waals surface area contributed by atoms with Gasteiger partial charge in [0.1, 0.15) is 5.75 Å². The summed E-state index contributed by atoms with van der Waals surface area (Å²) in [5.74, 6) is -0.187. The van der Waals surface area contributed by atoms with Crippen LogP contribution >= 0.6 is 0 Å². The van der Waals surface area contributed by atoms with Crippen molar-refractivity contribution in [3.63, 3.8) is 0 Å². The van der Waals surface area contributed by atoms with Crippen LogP contribution in [0.5, 0.6) is 5.75 Å². The van der Waals surface area contributed by atoms with Crippen LogP contribution in [0, 0.1) is 13.8 Å². The molecule has 2 aromatic rings. The number of carbonyl (C=O) groups excluding carboxylic acids is 2. The van der Waals surface area contributed by atoms with E-state index < -0.39 is 12.1 Å². The zero-order chi connectivity index (χ0) is 16.8. The lowest BCUT2D eigenvalue weighted by atomic mass is 10.1. The molecule has 0 spiro atoms. The monoisotopic (exact) mass is 312 g/mol. The molecule has 4 heteroatoms. The fourth-order valence-electron chi connectivity index (χ4n) is 2.28. The fourth-order valence-corrected chi connectivity index (χ4v) is 2.28. The summed E-state index contributed by atoms with van der Waals surface area (Å²) in [5, 5.41) is 0. The molecule has 0 fully saturated rings. The van der Waals surface area contributed by atoms with E-state index in [9.17, 15) is 9.59 Å². The molecule has 0 radical (unpaired) electrons. The zero-order valence-electron chi connectivity index (χ0n) is 13.5. The number of rotatable bonds is 6. The van der Waals surface area contributed by atoms with Crippen molar-refractivity contribution < 1.29 is 19.1 Å². The van der Waals surface area contributed by atoms with Gasteiger partial charge in [0.25, 0.3) is 0 Å². The average molecular weight is 312 g/mol. The molecule has 0 heterocycles. The van der Waals surface area contributed by atoms with Crippen molar-refractivity contribution in [1.82, 2.24) is 0 Å². The minimum Gasteiger partial charge on any atom is -0.482 e. The first kappa shape index (κ1) is 16.7. The maximum absolute atomic E-state index is 12.1. The molecule has 23 heavy (non-hydrogen) atoms. The Morgan fingerprint density at radius 3 is 2.22 bits per heavy atom. The first-order chi connectivity index (χ1) is 11.0. The molecule has 1 atom stereocenters. The molecule has 0 saturated carbocycles. The maximum Gasteiger partial charge on any atom is 0.344 e. The molecule has 2 aromatic carbocycles. The molecule has 120 valence electrons. The molecule has 0 amide bonds. The van der Waals surface area contributed by atoms with Gasteiger partial charge in [0.05, 0.1) is 0 Å². The third-order valence-corrected chi connectivity index (χ3v) is 3.29. The third-order valence-electron chi connectivity index (χ3n) is 3.29. The summed E-state index contributed by atoms with van der Waals surface area (Å²) < 4.78 is 10.6. The summed E-state index contributed by atoms with van der Waals surface area (Å²) >= 11 is 0. The van der Waals surface area contributed by atoms with Gasteiger partial charge in [0.2, 0.25) is 5.78 Å². The minimum atomic E-state index is -0.840. The number of Topliss-reactive ketones (excluding diaryl/α,β-unsaturated/α-hetero) is 1. The summed E-state index contributed by atoms with van der Waals surface area (Å²) in [4.78, 5) is 24.0. The first-order valence-electron chi connectivity index (χ1n) is 7.45. The van der Waals surface area contributed by atoms with Gasteiger partial charge >= 0.3 is 5.97 Å². The van der Waals surface area contributed by atoms with Crippen LogP contribution in [0.25, 0.3) is 0 Å². The predicted octanol–water partition coefficient (Wildman–Crippen LogP) is 3.50. The van der Waals surface area contributed by atoms with Crippen LogP contribution in [-0.4, -0.2) is 24.5 Å². The summed E-state index contributed by atoms with van der Waals surface area (Å²) in [6.07, 6.45) is -0.840. The third kappa shape index (κ3) is 4.95. The molecule has 2 rings (SSSR count). The lowest BCUT2D eigenvalue weighted by Gasteiger charge is -2.13. The lowest BCUT2D eigenvalue weighted by molar-refractivity contribution is -0.148. The molecule has 4 nitrogen and oxygen atoms in total. The highest BCUT2D eigenvalue weighted by atomic mass is 16.6. The zero-order valence-corrected chi connectivity index (χ0v) is 13.5. The van der Waals surface area contributed by atoms with Crippen molar-refractivity contribution in [2.75, 3.05) is 6.61 Å². The van der Waals surface area contributed by atoms with E-state index in [-0.39, 0.29) is 12.4 Å². The molecule has 0 bridgehead atoms. The highest BCUT2D eigenvalue weighted by Crippen LogP contribution is 2.16. The summed E-state index contributed by atoms with van der Waals surface area (Å²) in [6, 6.07) is 14.5. The second-order valence-corrected chi connectivity index (χ2v) is 5.47. The Morgan fingerprint density at radius 1 is 1.00 bits per heavy atom. The quantitative estimate of drug-likeness (QED) is 0.605. The topological polar surface area (TPSA) is 52.6 Å². The molecule has 0 aliphatic heterocycles. The largest absolute Gasteiger partial charge is 0.482 e. The van der Waals surface area contributed by atoms with E-state index in [0.29, 0.717) is 11.3 Å². The van der Waals surface area contributed by atoms with Crippen LogP contribution in [0.1, 0.15) is 28.4 Å². The van der Waals surface area contributed by atoms with Gasteiger partial charge in [-0.05, 0) is 44.0 Å². The minimum absolute atomic E-state index is 0.227. The Balaban J connectivity index is 1.88. The van der Waals surface area contributed by atoms with Gasteiger partial charge in [-0.1, -0.05) is 36.4 Å². The first-order valence-corrected chi connectivity index (χ1v) is 7.45. The second kappa shape index (κ2) is 7.58. The van der Waals surface area contributed by atoms with Gasteiger partial charge in [-0.25, -0.2) is 4.79 Å². The molecular formula is C19H20O4. The number of carbonyl (C=O) groups is 2. The molecule has 0 unspecified atom stereocenters. The van der Waals surface area contributed by atoms with Crippen molar-refractivity contribution in [1.29, 1.82) is 0 Å². The van der Waals surface area contributed by atoms with Crippen molar-refractivity contribution in [3.8, 4) is 5.75 Å². The van der Waals surface area contributed by atoms with Gasteiger partial charge in [0, 0.05) is 5.56 Å². The van der Waals surface area contributed by atoms with Gasteiger partial charge in [-0.15, -0.1) is 0 Å². The van der Waals surface area contributed by atoms with Crippen molar-refractivity contribution >= 4 is 11.8 Å². The Bertz CT molecular complexity index is 672. The van der Waals surface area contributed by atoms with Crippen molar-refractivity contribution in [2.24, 2.45) is 0 Å². The number of hydrogen-bond donors (Lipinski definition) is 0. The van der Waals surface area contributed by atoms with Crippen LogP contribution in [0.2, 0.25) is 0 Å². The van der Waals surface area contributed by atoms with Crippen LogP contribution < -0.4 is 4.74 Å². The molecule has 0 saturated heterocycles. The number of benzene rings is 2. The van der Waals surface area contributed by atoms with Crippen LogP contribution in [0.4, 0.5) is 0 Å². The Morgan fingerprint density at radius 2 is 1.61 bits per heavy atom. The van der Waals surface area contributed by atoms with E-state index in [2.05, 4.69) is 0 Å². The highest BCUT2D eigenvalue weighted by Gasteiger charge is 2.19. The highest BCUT2D eigenvalue weighted by molar-refractivity contribution is 6.00. The van der Waals surface area contributed by atoms with Crippen LogP contribution in [-0.2, 0) is 9.53 Å². The normalized spacial score (nSPS) is 11.6. The summed E-state index contributed by atoms with van der Waals surface area (Å²) in [6.45, 7) is 5.25. The average Bonchev–Trinajstić information content (AvgIpc) is 2.52. The molecule has 0 N–H and O–H groups in total.